The molecule has 1 aliphatic heterocycles. The summed E-state index contributed by atoms with van der Waals surface area (Å²) in [6.45, 7) is 10.8. The molecule has 1 fully saturated rings. The van der Waals surface area contributed by atoms with Crippen molar-refractivity contribution in [3.63, 3.8) is 0 Å². The average molecular weight is 254 g/mol. The molecule has 1 rings (SSSR count). The van der Waals surface area contributed by atoms with Crippen LogP contribution in [0.3, 0.4) is 0 Å². The van der Waals surface area contributed by atoms with E-state index in [0.717, 1.165) is 12.1 Å². The average Bonchev–Trinajstić information content (AvgIpc) is 2.38. The Morgan fingerprint density at radius 1 is 1.06 bits per heavy atom. The van der Waals surface area contributed by atoms with Crippen LogP contribution >= 0.6 is 0 Å². The second-order valence-corrected chi connectivity index (χ2v) is 6.26. The molecule has 0 N–H and O–H groups in total. The van der Waals surface area contributed by atoms with Crippen molar-refractivity contribution in [2.24, 2.45) is 0 Å². The Bertz CT molecular complexity index is 195. The van der Waals surface area contributed by atoms with Crippen LogP contribution in [0.5, 0.6) is 0 Å². The normalized spacial score (nSPS) is 19.0. The zero-order valence-corrected chi connectivity index (χ0v) is 13.1. The molecule has 0 bridgehead atoms. The van der Waals surface area contributed by atoms with Gasteiger partial charge in [-0.25, -0.2) is 0 Å². The number of hydrogen-bond acceptors (Lipinski definition) is 2. The molecule has 0 spiro atoms. The van der Waals surface area contributed by atoms with E-state index in [1.807, 2.05) is 0 Å². The predicted octanol–water partition coefficient (Wildman–Crippen LogP) is 3.76. The van der Waals surface area contributed by atoms with E-state index >= 15 is 0 Å². The minimum atomic E-state index is 0.727. The molecule has 1 heterocycles. The first kappa shape index (κ1) is 16.0. The van der Waals surface area contributed by atoms with Crippen LogP contribution in [0.25, 0.3) is 0 Å². The maximum Gasteiger partial charge on any atom is 0.0117 e. The van der Waals surface area contributed by atoms with E-state index in [2.05, 4.69) is 37.6 Å². The molecule has 0 amide bonds. The SMILES string of the molecule is CCCCCCCN(C)C1CCN(C(C)C)CC1. The highest BCUT2D eigenvalue weighted by atomic mass is 15.2. The number of nitrogens with zero attached hydrogens (tertiary/aromatic N) is 2. The fraction of sp³-hybridized carbons (Fsp3) is 1.00. The third kappa shape index (κ3) is 5.71. The Balaban J connectivity index is 2.10. The molecule has 0 aromatic carbocycles. The van der Waals surface area contributed by atoms with Gasteiger partial charge in [0.2, 0.25) is 0 Å². The summed E-state index contributed by atoms with van der Waals surface area (Å²) in [7, 11) is 2.33. The molecule has 0 saturated carbocycles. The molecule has 0 atom stereocenters. The topological polar surface area (TPSA) is 6.48 Å². The zero-order chi connectivity index (χ0) is 13.4. The minimum Gasteiger partial charge on any atom is -0.303 e. The number of unbranched alkanes of at least 4 members (excludes halogenated alkanes) is 4. The molecule has 2 heteroatoms. The lowest BCUT2D eigenvalue weighted by Crippen LogP contribution is -2.45. The molecule has 0 radical (unpaired) electrons. The van der Waals surface area contributed by atoms with E-state index in [-0.39, 0.29) is 0 Å². The maximum atomic E-state index is 2.62. The molecule has 2 nitrogen and oxygen atoms in total. The van der Waals surface area contributed by atoms with Gasteiger partial charge in [-0.2, -0.15) is 0 Å². The summed E-state index contributed by atoms with van der Waals surface area (Å²) in [5.41, 5.74) is 0. The summed E-state index contributed by atoms with van der Waals surface area (Å²) in [6.07, 6.45) is 9.73. The number of rotatable bonds is 8. The van der Waals surface area contributed by atoms with Gasteiger partial charge in [-0.05, 0) is 59.8 Å². The van der Waals surface area contributed by atoms with Crippen LogP contribution in [-0.2, 0) is 0 Å². The highest BCUT2D eigenvalue weighted by Crippen LogP contribution is 2.17. The smallest absolute Gasteiger partial charge is 0.0117 e. The van der Waals surface area contributed by atoms with E-state index in [9.17, 15) is 0 Å². The summed E-state index contributed by atoms with van der Waals surface area (Å²) < 4.78 is 0. The first-order valence-electron chi connectivity index (χ1n) is 8.09. The van der Waals surface area contributed by atoms with Crippen molar-refractivity contribution in [1.29, 1.82) is 0 Å². The quantitative estimate of drug-likeness (QED) is 0.609. The van der Waals surface area contributed by atoms with Crippen LogP contribution in [0.2, 0.25) is 0 Å². The third-order valence-electron chi connectivity index (χ3n) is 4.47. The molecular formula is C16H34N2. The molecule has 0 unspecified atom stereocenters. The van der Waals surface area contributed by atoms with Gasteiger partial charge in [-0.1, -0.05) is 32.6 Å². The Morgan fingerprint density at radius 3 is 2.22 bits per heavy atom. The van der Waals surface area contributed by atoms with Crippen molar-refractivity contribution < 1.29 is 0 Å². The summed E-state index contributed by atoms with van der Waals surface area (Å²) in [5.74, 6) is 0. The Kier molecular flexibility index (Phi) is 7.92. The monoisotopic (exact) mass is 254 g/mol. The first-order valence-corrected chi connectivity index (χ1v) is 8.09. The van der Waals surface area contributed by atoms with Gasteiger partial charge in [-0.15, -0.1) is 0 Å². The van der Waals surface area contributed by atoms with Gasteiger partial charge in [0.05, 0.1) is 0 Å². The van der Waals surface area contributed by atoms with Crippen LogP contribution in [0, 0.1) is 0 Å². The van der Waals surface area contributed by atoms with Gasteiger partial charge in [0.25, 0.3) is 0 Å². The first-order chi connectivity index (χ1) is 8.65. The molecular weight excluding hydrogens is 220 g/mol. The molecule has 1 saturated heterocycles. The summed E-state index contributed by atoms with van der Waals surface area (Å²) >= 11 is 0. The lowest BCUT2D eigenvalue weighted by molar-refractivity contribution is 0.107. The number of piperidine rings is 1. The van der Waals surface area contributed by atoms with Crippen molar-refractivity contribution in [3.05, 3.63) is 0 Å². The van der Waals surface area contributed by atoms with Crippen molar-refractivity contribution in [3.8, 4) is 0 Å². The fourth-order valence-electron chi connectivity index (χ4n) is 2.99. The summed E-state index contributed by atoms with van der Waals surface area (Å²) in [6, 6.07) is 1.57. The molecule has 0 aromatic heterocycles. The summed E-state index contributed by atoms with van der Waals surface area (Å²) in [5, 5.41) is 0. The lowest BCUT2D eigenvalue weighted by atomic mass is 10.0. The molecule has 18 heavy (non-hydrogen) atoms. The predicted molar refractivity (Wildman–Crippen MR) is 81.1 cm³/mol. The highest BCUT2D eigenvalue weighted by Gasteiger charge is 2.23. The van der Waals surface area contributed by atoms with Gasteiger partial charge in [0, 0.05) is 12.1 Å². The largest absolute Gasteiger partial charge is 0.303 e. The van der Waals surface area contributed by atoms with Gasteiger partial charge < -0.3 is 9.80 Å². The minimum absolute atomic E-state index is 0.727. The summed E-state index contributed by atoms with van der Waals surface area (Å²) in [4.78, 5) is 5.23. The standard InChI is InChI=1S/C16H34N2/c1-5-6-7-8-9-12-17(4)16-10-13-18(14-11-16)15(2)3/h15-16H,5-14H2,1-4H3. The van der Waals surface area contributed by atoms with Crippen LogP contribution in [0.4, 0.5) is 0 Å². The van der Waals surface area contributed by atoms with E-state index in [4.69, 9.17) is 0 Å². The van der Waals surface area contributed by atoms with E-state index in [1.54, 1.807) is 0 Å². The number of hydrogen-bond donors (Lipinski definition) is 0. The van der Waals surface area contributed by atoms with Gasteiger partial charge in [0.15, 0.2) is 0 Å². The molecule has 0 aromatic rings. The van der Waals surface area contributed by atoms with Crippen molar-refractivity contribution in [1.82, 2.24) is 9.80 Å². The van der Waals surface area contributed by atoms with E-state index < -0.39 is 0 Å². The van der Waals surface area contributed by atoms with E-state index in [0.29, 0.717) is 0 Å². The maximum absolute atomic E-state index is 2.62. The van der Waals surface area contributed by atoms with Gasteiger partial charge in [-0.3, -0.25) is 0 Å². The molecule has 1 aliphatic rings. The van der Waals surface area contributed by atoms with Gasteiger partial charge in [0.1, 0.15) is 0 Å². The fourth-order valence-corrected chi connectivity index (χ4v) is 2.99. The Hall–Kier alpha value is -0.0800. The van der Waals surface area contributed by atoms with Crippen LogP contribution < -0.4 is 0 Å². The Labute approximate surface area is 115 Å². The second kappa shape index (κ2) is 8.92. The van der Waals surface area contributed by atoms with Crippen molar-refractivity contribution in [2.45, 2.75) is 77.8 Å². The van der Waals surface area contributed by atoms with Crippen LogP contribution in [-0.4, -0.2) is 48.6 Å². The van der Waals surface area contributed by atoms with Crippen molar-refractivity contribution >= 4 is 0 Å². The second-order valence-electron chi connectivity index (χ2n) is 6.26. The van der Waals surface area contributed by atoms with Crippen molar-refractivity contribution in [2.75, 3.05) is 26.7 Å². The van der Waals surface area contributed by atoms with E-state index in [1.165, 1.54) is 64.6 Å². The van der Waals surface area contributed by atoms with Crippen LogP contribution in [0.1, 0.15) is 65.7 Å². The number of likely N-dealkylation sites (tertiary alicyclic amines) is 1. The third-order valence-corrected chi connectivity index (χ3v) is 4.47. The molecule has 0 aliphatic carbocycles. The van der Waals surface area contributed by atoms with Gasteiger partial charge >= 0.3 is 0 Å². The zero-order valence-electron chi connectivity index (χ0n) is 13.1. The van der Waals surface area contributed by atoms with Crippen LogP contribution in [0.15, 0.2) is 0 Å². The highest BCUT2D eigenvalue weighted by molar-refractivity contribution is 4.79. The molecule has 108 valence electrons. The Morgan fingerprint density at radius 2 is 1.67 bits per heavy atom. The lowest BCUT2D eigenvalue weighted by Gasteiger charge is -2.38.